The van der Waals surface area contributed by atoms with E-state index in [2.05, 4.69) is 11.9 Å². The van der Waals surface area contributed by atoms with Crippen LogP contribution in [-0.4, -0.2) is 26.0 Å². The van der Waals surface area contributed by atoms with Crippen LogP contribution in [0.15, 0.2) is 18.7 Å². The number of ketones is 1. The fourth-order valence-electron chi connectivity index (χ4n) is 8.28. The Morgan fingerprint density at radius 3 is 2.68 bits per heavy atom. The van der Waals surface area contributed by atoms with E-state index in [0.29, 0.717) is 12.3 Å². The molecule has 0 spiro atoms. The average molecular weight is 385 g/mol. The molecule has 3 unspecified atom stereocenters. The van der Waals surface area contributed by atoms with Crippen molar-refractivity contribution in [3.63, 3.8) is 0 Å². The maximum absolute atomic E-state index is 13.2. The molecular formula is C24H36N2O2. The summed E-state index contributed by atoms with van der Waals surface area (Å²) in [6.45, 7) is 4.97. The smallest absolute Gasteiger partial charge is 0.156 e. The lowest BCUT2D eigenvalue weighted by Crippen LogP contribution is -2.51. The van der Waals surface area contributed by atoms with Gasteiger partial charge in [0.1, 0.15) is 0 Å². The van der Waals surface area contributed by atoms with Gasteiger partial charge in [-0.1, -0.05) is 6.92 Å². The molecule has 0 bridgehead atoms. The van der Waals surface area contributed by atoms with Crippen molar-refractivity contribution in [3.8, 4) is 0 Å². The second-order valence-corrected chi connectivity index (χ2v) is 11.1. The Bertz CT molecular complexity index is 727. The molecule has 8 atom stereocenters. The molecule has 0 saturated heterocycles. The van der Waals surface area contributed by atoms with Crippen molar-refractivity contribution < 1.29 is 9.90 Å². The normalized spacial score (nSPS) is 47.8. The van der Waals surface area contributed by atoms with Gasteiger partial charge in [-0.3, -0.25) is 4.79 Å². The molecule has 4 fully saturated rings. The third kappa shape index (κ3) is 2.98. The van der Waals surface area contributed by atoms with Gasteiger partial charge in [-0.25, -0.2) is 4.98 Å². The van der Waals surface area contributed by atoms with E-state index in [4.69, 9.17) is 0 Å². The van der Waals surface area contributed by atoms with E-state index in [0.717, 1.165) is 48.9 Å². The van der Waals surface area contributed by atoms with Crippen LogP contribution in [0.25, 0.3) is 0 Å². The van der Waals surface area contributed by atoms with Gasteiger partial charge in [0.2, 0.25) is 0 Å². The van der Waals surface area contributed by atoms with E-state index in [1.165, 1.54) is 38.5 Å². The minimum Gasteiger partial charge on any atom is -0.390 e. The predicted octanol–water partition coefficient (Wildman–Crippen LogP) is 4.47. The van der Waals surface area contributed by atoms with Crippen LogP contribution in [0.4, 0.5) is 0 Å². The van der Waals surface area contributed by atoms with E-state index in [-0.39, 0.29) is 11.3 Å². The molecule has 0 amide bonds. The average Bonchev–Trinajstić information content (AvgIpc) is 3.27. The Labute approximate surface area is 169 Å². The quantitative estimate of drug-likeness (QED) is 0.836. The first kappa shape index (κ1) is 18.8. The van der Waals surface area contributed by atoms with Gasteiger partial charge in [0, 0.05) is 18.3 Å². The molecule has 4 aliphatic rings. The lowest BCUT2D eigenvalue weighted by Gasteiger charge is -2.56. The van der Waals surface area contributed by atoms with Crippen LogP contribution in [0.1, 0.15) is 71.6 Å². The molecule has 4 heteroatoms. The molecule has 1 aromatic heterocycles. The number of nitrogens with zero attached hydrogens (tertiary/aromatic N) is 2. The first-order valence-electron chi connectivity index (χ1n) is 11.6. The van der Waals surface area contributed by atoms with Crippen LogP contribution >= 0.6 is 0 Å². The molecule has 4 nitrogen and oxygen atoms in total. The zero-order valence-corrected chi connectivity index (χ0v) is 17.5. The summed E-state index contributed by atoms with van der Waals surface area (Å²) in [6.07, 6.45) is 16.1. The van der Waals surface area contributed by atoms with E-state index in [9.17, 15) is 9.90 Å². The number of carbonyl (C=O) groups excluding carboxylic acids is 1. The van der Waals surface area contributed by atoms with Crippen molar-refractivity contribution in [2.45, 2.75) is 83.8 Å². The molecule has 1 heterocycles. The lowest BCUT2D eigenvalue weighted by molar-refractivity contribution is -0.132. The minimum atomic E-state index is -0.435. The highest BCUT2D eigenvalue weighted by molar-refractivity contribution is 5.82. The summed E-state index contributed by atoms with van der Waals surface area (Å²) in [5.74, 6) is 4.59. The summed E-state index contributed by atoms with van der Waals surface area (Å²) in [5, 5.41) is 10.6. The summed E-state index contributed by atoms with van der Waals surface area (Å²) in [4.78, 5) is 17.3. The summed E-state index contributed by atoms with van der Waals surface area (Å²) >= 11 is 0. The minimum absolute atomic E-state index is 0.200. The summed E-state index contributed by atoms with van der Waals surface area (Å²) in [6, 6.07) is 0. The van der Waals surface area contributed by atoms with Gasteiger partial charge in [0.05, 0.1) is 18.5 Å². The van der Waals surface area contributed by atoms with Crippen LogP contribution < -0.4 is 0 Å². The van der Waals surface area contributed by atoms with Crippen molar-refractivity contribution in [1.82, 2.24) is 9.55 Å². The van der Waals surface area contributed by atoms with E-state index in [1.54, 1.807) is 12.5 Å². The topological polar surface area (TPSA) is 55.1 Å². The summed E-state index contributed by atoms with van der Waals surface area (Å²) in [7, 11) is 0. The highest BCUT2D eigenvalue weighted by Gasteiger charge is 2.58. The van der Waals surface area contributed by atoms with Crippen LogP contribution in [0.3, 0.4) is 0 Å². The Morgan fingerprint density at radius 1 is 1.07 bits per heavy atom. The van der Waals surface area contributed by atoms with Gasteiger partial charge in [0.15, 0.2) is 5.78 Å². The summed E-state index contributed by atoms with van der Waals surface area (Å²) < 4.78 is 1.93. The highest BCUT2D eigenvalue weighted by Crippen LogP contribution is 2.64. The summed E-state index contributed by atoms with van der Waals surface area (Å²) in [5.41, 5.74) is -0.235. The third-order valence-corrected chi connectivity index (χ3v) is 9.52. The van der Waals surface area contributed by atoms with Gasteiger partial charge < -0.3 is 9.67 Å². The Hall–Kier alpha value is -1.16. The third-order valence-electron chi connectivity index (χ3n) is 9.52. The first-order valence-corrected chi connectivity index (χ1v) is 11.6. The number of aliphatic hydroxyl groups is 1. The van der Waals surface area contributed by atoms with Crippen molar-refractivity contribution in [3.05, 3.63) is 18.7 Å². The second-order valence-electron chi connectivity index (χ2n) is 11.1. The van der Waals surface area contributed by atoms with Crippen LogP contribution in [0.5, 0.6) is 0 Å². The van der Waals surface area contributed by atoms with Crippen molar-refractivity contribution in [2.24, 2.45) is 40.9 Å². The molecule has 0 aliphatic heterocycles. The maximum atomic E-state index is 13.2. The fourth-order valence-corrected chi connectivity index (χ4v) is 8.28. The lowest BCUT2D eigenvalue weighted by atomic mass is 9.49. The molecular weight excluding hydrogens is 348 g/mol. The predicted molar refractivity (Wildman–Crippen MR) is 108 cm³/mol. The Morgan fingerprint density at radius 2 is 1.89 bits per heavy atom. The molecule has 154 valence electrons. The molecule has 0 radical (unpaired) electrons. The Balaban J connectivity index is 1.32. The molecule has 0 aromatic carbocycles. The van der Waals surface area contributed by atoms with Crippen molar-refractivity contribution >= 4 is 5.78 Å². The van der Waals surface area contributed by atoms with Crippen LogP contribution in [0, 0.1) is 40.9 Å². The zero-order chi connectivity index (χ0) is 19.5. The van der Waals surface area contributed by atoms with Gasteiger partial charge in [-0.15, -0.1) is 0 Å². The maximum Gasteiger partial charge on any atom is 0.156 e. The van der Waals surface area contributed by atoms with E-state index < -0.39 is 5.60 Å². The van der Waals surface area contributed by atoms with Crippen LogP contribution in [-0.2, 0) is 11.3 Å². The molecule has 28 heavy (non-hydrogen) atoms. The molecule has 4 saturated carbocycles. The number of fused-ring (bicyclic) bond motifs is 5. The number of imidazole rings is 1. The Kier molecular flexibility index (Phi) is 4.50. The zero-order valence-electron chi connectivity index (χ0n) is 17.5. The van der Waals surface area contributed by atoms with Gasteiger partial charge in [-0.05, 0) is 99.7 Å². The van der Waals surface area contributed by atoms with E-state index >= 15 is 0 Å². The standard InChI is InChI=1S/C24H36N2O2/c1-23(28)9-7-17-16(13-23)3-4-19-18(17)8-10-24(2)20(19)5-6-21(24)22(27)14-26-12-11-25-15-26/h11-12,15-21,28H,3-10,13-14H2,1-2H3/t16-,17+,18?,19?,20?,21-,23-,24+/m1/s1. The van der Waals surface area contributed by atoms with Crippen molar-refractivity contribution in [2.75, 3.05) is 0 Å². The molecule has 4 aliphatic carbocycles. The second kappa shape index (κ2) is 6.68. The van der Waals surface area contributed by atoms with Crippen LogP contribution in [0.2, 0.25) is 0 Å². The SMILES string of the molecule is C[C@@]1(O)CC[C@@H]2C3CC[C@@]4(C)C(CC[C@@H]4C(=O)Cn4ccnc4)C3CC[C@@H]2C1. The molecule has 5 rings (SSSR count). The molecule has 1 N–H and O–H groups in total. The number of aromatic nitrogens is 2. The number of Topliss-reactive ketones (excluding diaryl/α,β-unsaturated/α-hetero) is 1. The number of carbonyl (C=O) groups is 1. The van der Waals surface area contributed by atoms with Gasteiger partial charge in [0.25, 0.3) is 0 Å². The number of rotatable bonds is 3. The number of hydrogen-bond donors (Lipinski definition) is 1. The number of hydrogen-bond acceptors (Lipinski definition) is 3. The largest absolute Gasteiger partial charge is 0.390 e. The highest BCUT2D eigenvalue weighted by atomic mass is 16.3. The van der Waals surface area contributed by atoms with Gasteiger partial charge >= 0.3 is 0 Å². The van der Waals surface area contributed by atoms with Gasteiger partial charge in [-0.2, -0.15) is 0 Å². The monoisotopic (exact) mass is 384 g/mol. The fraction of sp³-hybridized carbons (Fsp3) is 0.833. The molecule has 1 aromatic rings. The first-order chi connectivity index (χ1) is 13.4. The van der Waals surface area contributed by atoms with E-state index in [1.807, 2.05) is 17.7 Å². The van der Waals surface area contributed by atoms with Crippen molar-refractivity contribution in [1.29, 1.82) is 0 Å².